The molecule has 0 saturated carbocycles. The molecule has 0 heterocycles. The lowest BCUT2D eigenvalue weighted by Crippen LogP contribution is -2.61. The van der Waals surface area contributed by atoms with Crippen molar-refractivity contribution in [3.05, 3.63) is 53.6 Å². The fourth-order valence-corrected chi connectivity index (χ4v) is 6.95. The summed E-state index contributed by atoms with van der Waals surface area (Å²) in [6.45, 7) is 12.3. The molecule has 0 atom stereocenters. The van der Waals surface area contributed by atoms with E-state index in [2.05, 4.69) is 42.5 Å². The summed E-state index contributed by atoms with van der Waals surface area (Å²) < 4.78 is 19.4. The predicted octanol–water partition coefficient (Wildman–Crippen LogP) is 4.68. The molecule has 3 nitrogen and oxygen atoms in total. The molecule has 0 N–H and O–H groups in total. The third-order valence-corrected chi connectivity index (χ3v) is 7.83. The quantitative estimate of drug-likeness (QED) is 0.565. The molecule has 0 aromatic heterocycles. The average Bonchev–Trinajstić information content (AvgIpc) is 2.91. The second-order valence-electron chi connectivity index (χ2n) is 7.72. The summed E-state index contributed by atoms with van der Waals surface area (Å²) in [6.07, 6.45) is 0.984. The Labute approximate surface area is 158 Å². The molecule has 2 aromatic carbocycles. The summed E-state index contributed by atoms with van der Waals surface area (Å²) in [6, 6.07) is 15.1. The van der Waals surface area contributed by atoms with E-state index in [1.54, 1.807) is 0 Å². The Morgan fingerprint density at radius 1 is 0.692 bits per heavy atom. The summed E-state index contributed by atoms with van der Waals surface area (Å²) in [7, 11) is -3.06. The van der Waals surface area contributed by atoms with Gasteiger partial charge in [-0.1, -0.05) is 42.5 Å². The van der Waals surface area contributed by atoms with Crippen molar-refractivity contribution in [1.82, 2.24) is 0 Å². The molecule has 0 amide bonds. The van der Waals surface area contributed by atoms with Crippen molar-refractivity contribution < 1.29 is 13.3 Å². The first-order valence-electron chi connectivity index (χ1n) is 9.56. The standard InChI is InChI=1S/C22H30O3Si/c1-15(2)23-26(24-16(3)4,25-17(5)6)22-13-9-12-20-19-11-8-7-10-18(19)14-21(20)22/h7-13,15-17H,14H2,1-6H3. The zero-order valence-corrected chi connectivity index (χ0v) is 17.7. The molecule has 0 radical (unpaired) electrons. The monoisotopic (exact) mass is 370 g/mol. The van der Waals surface area contributed by atoms with Crippen LogP contribution in [0.1, 0.15) is 52.7 Å². The van der Waals surface area contributed by atoms with Gasteiger partial charge in [-0.3, -0.25) is 0 Å². The highest BCUT2D eigenvalue weighted by Crippen LogP contribution is 2.36. The summed E-state index contributed by atoms with van der Waals surface area (Å²) in [5, 5.41) is 1.11. The first kappa shape index (κ1) is 19.3. The van der Waals surface area contributed by atoms with Crippen LogP contribution in [0.5, 0.6) is 0 Å². The van der Waals surface area contributed by atoms with Crippen LogP contribution >= 0.6 is 0 Å². The van der Waals surface area contributed by atoms with Gasteiger partial charge in [-0.05, 0) is 70.2 Å². The molecule has 3 rings (SSSR count). The van der Waals surface area contributed by atoms with Gasteiger partial charge in [0.25, 0.3) is 0 Å². The Morgan fingerprint density at radius 2 is 1.23 bits per heavy atom. The van der Waals surface area contributed by atoms with E-state index in [1.165, 1.54) is 22.3 Å². The van der Waals surface area contributed by atoms with Crippen molar-refractivity contribution in [2.24, 2.45) is 0 Å². The maximum Gasteiger partial charge on any atom is 0.538 e. The fraction of sp³-hybridized carbons (Fsp3) is 0.455. The van der Waals surface area contributed by atoms with Gasteiger partial charge in [0.15, 0.2) is 0 Å². The molecule has 4 heteroatoms. The highest BCUT2D eigenvalue weighted by atomic mass is 28.4. The third-order valence-electron chi connectivity index (χ3n) is 4.35. The van der Waals surface area contributed by atoms with Crippen LogP contribution in [-0.4, -0.2) is 27.1 Å². The highest BCUT2D eigenvalue weighted by Gasteiger charge is 2.49. The van der Waals surface area contributed by atoms with Gasteiger partial charge in [0.05, 0.1) is 0 Å². The minimum Gasteiger partial charge on any atom is -0.367 e. The molecule has 0 fully saturated rings. The predicted molar refractivity (Wildman–Crippen MR) is 109 cm³/mol. The third kappa shape index (κ3) is 3.79. The van der Waals surface area contributed by atoms with Gasteiger partial charge in [0.2, 0.25) is 0 Å². The van der Waals surface area contributed by atoms with E-state index in [4.69, 9.17) is 13.3 Å². The van der Waals surface area contributed by atoms with Crippen molar-refractivity contribution in [3.63, 3.8) is 0 Å². The van der Waals surface area contributed by atoms with Crippen LogP contribution in [0.4, 0.5) is 0 Å². The Morgan fingerprint density at radius 3 is 1.81 bits per heavy atom. The van der Waals surface area contributed by atoms with Crippen molar-refractivity contribution >= 4 is 14.0 Å². The van der Waals surface area contributed by atoms with Gasteiger partial charge >= 0.3 is 8.80 Å². The first-order valence-corrected chi connectivity index (χ1v) is 11.3. The minimum absolute atomic E-state index is 0.0267. The molecule has 0 unspecified atom stereocenters. The molecular weight excluding hydrogens is 340 g/mol. The van der Waals surface area contributed by atoms with Gasteiger partial charge in [-0.15, -0.1) is 0 Å². The van der Waals surface area contributed by atoms with E-state index in [9.17, 15) is 0 Å². The van der Waals surface area contributed by atoms with Crippen molar-refractivity contribution in [2.45, 2.75) is 66.3 Å². The van der Waals surface area contributed by atoms with Crippen LogP contribution in [-0.2, 0) is 19.7 Å². The maximum absolute atomic E-state index is 6.46. The molecule has 2 aromatic rings. The smallest absolute Gasteiger partial charge is 0.367 e. The van der Waals surface area contributed by atoms with Crippen LogP contribution < -0.4 is 5.19 Å². The van der Waals surface area contributed by atoms with Crippen LogP contribution in [0.2, 0.25) is 0 Å². The lowest BCUT2D eigenvalue weighted by molar-refractivity contribution is 0.0152. The Kier molecular flexibility index (Phi) is 5.68. The van der Waals surface area contributed by atoms with E-state index in [1.807, 2.05) is 41.5 Å². The number of rotatable bonds is 7. The maximum atomic E-state index is 6.46. The number of hydrogen-bond donors (Lipinski definition) is 0. The minimum atomic E-state index is -3.06. The zero-order chi connectivity index (χ0) is 18.9. The van der Waals surface area contributed by atoms with E-state index in [-0.39, 0.29) is 18.3 Å². The molecule has 0 bridgehead atoms. The molecule has 26 heavy (non-hydrogen) atoms. The summed E-state index contributed by atoms with van der Waals surface area (Å²) in [5.74, 6) is 0. The van der Waals surface area contributed by atoms with E-state index in [0.29, 0.717) is 0 Å². The molecule has 0 aliphatic heterocycles. The second-order valence-corrected chi connectivity index (χ2v) is 10.1. The average molecular weight is 371 g/mol. The number of benzene rings is 2. The second kappa shape index (κ2) is 7.65. The topological polar surface area (TPSA) is 27.7 Å². The van der Waals surface area contributed by atoms with E-state index in [0.717, 1.165) is 11.6 Å². The van der Waals surface area contributed by atoms with Gasteiger partial charge in [-0.25, -0.2) is 0 Å². The highest BCUT2D eigenvalue weighted by molar-refractivity contribution is 6.76. The summed E-state index contributed by atoms with van der Waals surface area (Å²) >= 11 is 0. The van der Waals surface area contributed by atoms with Crippen LogP contribution in [0.3, 0.4) is 0 Å². The molecule has 0 spiro atoms. The number of hydrogen-bond acceptors (Lipinski definition) is 3. The SMILES string of the molecule is CC(C)O[Si](OC(C)C)(OC(C)C)c1cccc2c1Cc1ccccc1-2. The van der Waals surface area contributed by atoms with Gasteiger partial charge in [0.1, 0.15) is 0 Å². The Hall–Kier alpha value is -1.46. The van der Waals surface area contributed by atoms with Crippen molar-refractivity contribution in [3.8, 4) is 11.1 Å². The van der Waals surface area contributed by atoms with Crippen LogP contribution in [0.25, 0.3) is 11.1 Å². The Bertz CT molecular complexity index is 741. The summed E-state index contributed by atoms with van der Waals surface area (Å²) in [4.78, 5) is 0. The molecule has 1 aliphatic rings. The van der Waals surface area contributed by atoms with Crippen LogP contribution in [0, 0.1) is 0 Å². The number of fused-ring (bicyclic) bond motifs is 3. The Balaban J connectivity index is 2.16. The van der Waals surface area contributed by atoms with Crippen LogP contribution in [0.15, 0.2) is 42.5 Å². The fourth-order valence-electron chi connectivity index (χ4n) is 3.65. The molecule has 1 aliphatic carbocycles. The van der Waals surface area contributed by atoms with Gasteiger partial charge in [-0.2, -0.15) is 0 Å². The largest absolute Gasteiger partial charge is 0.538 e. The van der Waals surface area contributed by atoms with Gasteiger partial charge < -0.3 is 13.3 Å². The first-order chi connectivity index (χ1) is 12.3. The molecular formula is C22H30O3Si. The molecule has 140 valence electrons. The van der Waals surface area contributed by atoms with E-state index < -0.39 is 8.80 Å². The van der Waals surface area contributed by atoms with E-state index >= 15 is 0 Å². The zero-order valence-electron chi connectivity index (χ0n) is 16.7. The van der Waals surface area contributed by atoms with Gasteiger partial charge in [0, 0.05) is 23.5 Å². The van der Waals surface area contributed by atoms with Crippen molar-refractivity contribution in [2.75, 3.05) is 0 Å². The molecule has 0 saturated heterocycles. The summed E-state index contributed by atoms with van der Waals surface area (Å²) in [5.41, 5.74) is 5.24. The lowest BCUT2D eigenvalue weighted by atomic mass is 10.1. The van der Waals surface area contributed by atoms with Crippen molar-refractivity contribution in [1.29, 1.82) is 0 Å². The normalized spacial score (nSPS) is 13.6. The lowest BCUT2D eigenvalue weighted by Gasteiger charge is -2.35.